The lowest BCUT2D eigenvalue weighted by Crippen LogP contribution is -2.01. The van der Waals surface area contributed by atoms with Crippen LogP contribution in [-0.2, 0) is 6.42 Å². The summed E-state index contributed by atoms with van der Waals surface area (Å²) in [5, 5.41) is 11.7. The van der Waals surface area contributed by atoms with Crippen LogP contribution in [0.5, 0.6) is 0 Å². The van der Waals surface area contributed by atoms with Crippen molar-refractivity contribution in [1.29, 1.82) is 0 Å². The summed E-state index contributed by atoms with van der Waals surface area (Å²) in [6.07, 6.45) is 2.45. The molecule has 0 aliphatic carbocycles. The maximum Gasteiger partial charge on any atom is 0.336 e. The Labute approximate surface area is 164 Å². The van der Waals surface area contributed by atoms with Gasteiger partial charge in [-0.3, -0.25) is 0 Å². The number of thiazole rings is 1. The van der Waals surface area contributed by atoms with Gasteiger partial charge in [-0.2, -0.15) is 0 Å². The summed E-state index contributed by atoms with van der Waals surface area (Å²) in [4.78, 5) is 19.9. The third-order valence-corrected chi connectivity index (χ3v) is 6.00. The van der Waals surface area contributed by atoms with Gasteiger partial charge in [-0.05, 0) is 55.6 Å². The molecule has 138 valence electrons. The number of aromatic nitrogens is 2. The van der Waals surface area contributed by atoms with Gasteiger partial charge in [-0.1, -0.05) is 23.7 Å². The lowest BCUT2D eigenvalue weighted by Gasteiger charge is -2.05. The van der Waals surface area contributed by atoms with Crippen LogP contribution in [0.25, 0.3) is 31.8 Å². The molecule has 27 heavy (non-hydrogen) atoms. The van der Waals surface area contributed by atoms with Crippen molar-refractivity contribution in [3.05, 3.63) is 52.5 Å². The van der Waals surface area contributed by atoms with Gasteiger partial charge in [0.15, 0.2) is 0 Å². The SMILES string of the molecule is NCCCCc1c(-c2nc3ccccc3s2)[nH]c2c(Cl)ccc(C(=O)O)c12. The van der Waals surface area contributed by atoms with Crippen LogP contribution in [0.1, 0.15) is 28.8 Å². The number of halogens is 1. The third kappa shape index (κ3) is 3.20. The van der Waals surface area contributed by atoms with Crippen LogP contribution in [0.3, 0.4) is 0 Å². The van der Waals surface area contributed by atoms with Crippen LogP contribution >= 0.6 is 22.9 Å². The standard InChI is InChI=1S/C20H18ClN3O2S/c21-13-9-8-12(20(25)26)16-11(5-3-4-10-22)17(24-18(13)16)19-23-14-6-1-2-7-15(14)27-19/h1-2,6-9,24H,3-5,10,22H2,(H,25,26). The molecule has 0 bridgehead atoms. The first-order chi connectivity index (χ1) is 13.1. The molecule has 2 aromatic carbocycles. The second kappa shape index (κ2) is 7.31. The third-order valence-electron chi connectivity index (χ3n) is 4.63. The lowest BCUT2D eigenvalue weighted by atomic mass is 10.00. The molecule has 2 heterocycles. The Kier molecular flexibility index (Phi) is 4.86. The minimum atomic E-state index is -0.966. The van der Waals surface area contributed by atoms with Gasteiger partial charge in [-0.15, -0.1) is 11.3 Å². The molecule has 0 amide bonds. The van der Waals surface area contributed by atoms with Gasteiger partial charge in [-0.25, -0.2) is 9.78 Å². The van der Waals surface area contributed by atoms with E-state index in [1.165, 1.54) is 0 Å². The van der Waals surface area contributed by atoms with E-state index in [2.05, 4.69) is 4.98 Å². The maximum atomic E-state index is 11.8. The molecule has 4 aromatic rings. The number of aryl methyl sites for hydroxylation is 1. The molecule has 0 spiro atoms. The predicted octanol–water partition coefficient (Wildman–Crippen LogP) is 5.08. The van der Waals surface area contributed by atoms with Crippen molar-refractivity contribution in [3.63, 3.8) is 0 Å². The van der Waals surface area contributed by atoms with Crippen molar-refractivity contribution in [2.24, 2.45) is 5.73 Å². The summed E-state index contributed by atoms with van der Waals surface area (Å²) in [5.74, 6) is -0.966. The van der Waals surface area contributed by atoms with Gasteiger partial charge >= 0.3 is 5.97 Å². The number of nitrogens with two attached hydrogens (primary N) is 1. The van der Waals surface area contributed by atoms with Crippen molar-refractivity contribution in [2.75, 3.05) is 6.54 Å². The molecule has 2 aromatic heterocycles. The number of para-hydroxylation sites is 1. The first-order valence-electron chi connectivity index (χ1n) is 8.72. The molecule has 0 radical (unpaired) electrons. The number of aromatic amines is 1. The predicted molar refractivity (Wildman–Crippen MR) is 111 cm³/mol. The molecule has 0 unspecified atom stereocenters. The number of hydrogen-bond donors (Lipinski definition) is 3. The molecule has 4 rings (SSSR count). The zero-order valence-electron chi connectivity index (χ0n) is 14.5. The number of nitrogens with zero attached hydrogens (tertiary/aromatic N) is 1. The van der Waals surface area contributed by atoms with E-state index >= 15 is 0 Å². The fourth-order valence-corrected chi connectivity index (χ4v) is 4.57. The smallest absolute Gasteiger partial charge is 0.336 e. The second-order valence-electron chi connectivity index (χ2n) is 6.36. The quantitative estimate of drug-likeness (QED) is 0.394. The van der Waals surface area contributed by atoms with E-state index in [0.29, 0.717) is 28.9 Å². The number of carboxylic acids is 1. The lowest BCUT2D eigenvalue weighted by molar-refractivity contribution is 0.0699. The summed E-state index contributed by atoms with van der Waals surface area (Å²) >= 11 is 7.97. The van der Waals surface area contributed by atoms with Crippen molar-refractivity contribution in [2.45, 2.75) is 19.3 Å². The summed E-state index contributed by atoms with van der Waals surface area (Å²) in [7, 11) is 0. The average molecular weight is 400 g/mol. The molecule has 4 N–H and O–H groups in total. The van der Waals surface area contributed by atoms with Gasteiger partial charge < -0.3 is 15.8 Å². The van der Waals surface area contributed by atoms with E-state index < -0.39 is 5.97 Å². The fraction of sp³-hybridized carbons (Fsp3) is 0.200. The number of H-pyrrole nitrogens is 1. The van der Waals surface area contributed by atoms with Crippen molar-refractivity contribution in [3.8, 4) is 10.7 Å². The van der Waals surface area contributed by atoms with Crippen LogP contribution in [0.15, 0.2) is 36.4 Å². The van der Waals surface area contributed by atoms with E-state index in [1.807, 2.05) is 24.3 Å². The molecule has 0 aliphatic heterocycles. The number of nitrogens with one attached hydrogen (secondary N) is 1. The van der Waals surface area contributed by atoms with E-state index in [-0.39, 0.29) is 5.56 Å². The van der Waals surface area contributed by atoms with Crippen LogP contribution in [0.2, 0.25) is 5.02 Å². The number of hydrogen-bond acceptors (Lipinski definition) is 4. The van der Waals surface area contributed by atoms with E-state index in [9.17, 15) is 9.90 Å². The van der Waals surface area contributed by atoms with Gasteiger partial charge in [0.25, 0.3) is 0 Å². The topological polar surface area (TPSA) is 92.0 Å². The zero-order valence-corrected chi connectivity index (χ0v) is 16.0. The average Bonchev–Trinajstić information content (AvgIpc) is 3.24. The molecular formula is C20H18ClN3O2S. The van der Waals surface area contributed by atoms with Gasteiger partial charge in [0.05, 0.1) is 32.0 Å². The summed E-state index contributed by atoms with van der Waals surface area (Å²) in [5.41, 5.74) is 9.26. The number of unbranched alkanes of at least 4 members (excludes halogenated alkanes) is 1. The summed E-state index contributed by atoms with van der Waals surface area (Å²) < 4.78 is 1.09. The number of rotatable bonds is 6. The van der Waals surface area contributed by atoms with Crippen LogP contribution in [-0.4, -0.2) is 27.6 Å². The number of fused-ring (bicyclic) bond motifs is 2. The van der Waals surface area contributed by atoms with Crippen molar-refractivity contribution in [1.82, 2.24) is 9.97 Å². The normalized spacial score (nSPS) is 11.5. The number of carboxylic acid groups (broad SMARTS) is 1. The van der Waals surface area contributed by atoms with Crippen LogP contribution < -0.4 is 5.73 Å². The van der Waals surface area contributed by atoms with Crippen molar-refractivity contribution < 1.29 is 9.90 Å². The number of aromatic carboxylic acids is 1. The highest BCUT2D eigenvalue weighted by Crippen LogP contribution is 2.39. The Morgan fingerprint density at radius 2 is 2.04 bits per heavy atom. The molecule has 0 aliphatic rings. The number of carbonyl (C=O) groups is 1. The molecule has 0 fully saturated rings. The van der Waals surface area contributed by atoms with Gasteiger partial charge in [0.1, 0.15) is 5.01 Å². The fourth-order valence-electron chi connectivity index (χ4n) is 3.37. The summed E-state index contributed by atoms with van der Waals surface area (Å²) in [6.45, 7) is 0.603. The minimum Gasteiger partial charge on any atom is -0.478 e. The second-order valence-corrected chi connectivity index (χ2v) is 7.80. The highest BCUT2D eigenvalue weighted by Gasteiger charge is 2.22. The summed E-state index contributed by atoms with van der Waals surface area (Å²) in [6, 6.07) is 11.1. The monoisotopic (exact) mass is 399 g/mol. The number of benzene rings is 2. The Morgan fingerprint density at radius 3 is 2.78 bits per heavy atom. The Hall–Kier alpha value is -2.41. The molecule has 0 atom stereocenters. The zero-order chi connectivity index (χ0) is 19.0. The van der Waals surface area contributed by atoms with E-state index in [0.717, 1.165) is 39.3 Å². The van der Waals surface area contributed by atoms with E-state index in [4.69, 9.17) is 22.3 Å². The highest BCUT2D eigenvalue weighted by atomic mass is 35.5. The van der Waals surface area contributed by atoms with E-state index in [1.54, 1.807) is 23.5 Å². The largest absolute Gasteiger partial charge is 0.478 e. The Balaban J connectivity index is 1.98. The first kappa shape index (κ1) is 18.0. The Morgan fingerprint density at radius 1 is 1.22 bits per heavy atom. The minimum absolute atomic E-state index is 0.251. The molecule has 0 saturated carbocycles. The van der Waals surface area contributed by atoms with Gasteiger partial charge in [0, 0.05) is 5.39 Å². The van der Waals surface area contributed by atoms with Crippen LogP contribution in [0.4, 0.5) is 0 Å². The van der Waals surface area contributed by atoms with Crippen molar-refractivity contribution >= 4 is 50.0 Å². The maximum absolute atomic E-state index is 11.8. The highest BCUT2D eigenvalue weighted by molar-refractivity contribution is 7.21. The van der Waals surface area contributed by atoms with Crippen LogP contribution in [0, 0.1) is 0 Å². The first-order valence-corrected chi connectivity index (χ1v) is 9.92. The Bertz CT molecular complexity index is 1120. The molecule has 7 heteroatoms. The molecule has 0 saturated heterocycles. The molecule has 5 nitrogen and oxygen atoms in total. The molecular weight excluding hydrogens is 382 g/mol. The van der Waals surface area contributed by atoms with Gasteiger partial charge in [0.2, 0.25) is 0 Å².